The number of carbonyl (C=O) groups excluding carboxylic acids is 1. The summed E-state index contributed by atoms with van der Waals surface area (Å²) in [7, 11) is 6.16. The first-order chi connectivity index (χ1) is 15.8. The number of fused-ring (bicyclic) bond motifs is 1. The second kappa shape index (κ2) is 10.1. The van der Waals surface area contributed by atoms with Crippen molar-refractivity contribution in [1.29, 1.82) is 0 Å². The van der Waals surface area contributed by atoms with Crippen LogP contribution in [0.5, 0.6) is 0 Å². The van der Waals surface area contributed by atoms with E-state index in [1.807, 2.05) is 43.4 Å². The van der Waals surface area contributed by atoms with E-state index < -0.39 is 0 Å². The first-order valence-electron chi connectivity index (χ1n) is 10.4. The molecule has 0 unspecified atom stereocenters. The van der Waals surface area contributed by atoms with Crippen molar-refractivity contribution < 1.29 is 4.79 Å². The van der Waals surface area contributed by atoms with Crippen LogP contribution in [0.1, 0.15) is 10.4 Å². The summed E-state index contributed by atoms with van der Waals surface area (Å²) in [5.74, 6) is -0.175. The number of hydrogen-bond acceptors (Lipinski definition) is 5. The Labute approximate surface area is 207 Å². The molecule has 4 aromatic rings. The van der Waals surface area contributed by atoms with E-state index in [9.17, 15) is 4.79 Å². The Kier molecular flexibility index (Phi) is 7.20. The molecule has 0 spiro atoms. The van der Waals surface area contributed by atoms with Gasteiger partial charge in [-0.1, -0.05) is 46.7 Å². The molecule has 1 amide bonds. The topological polar surface area (TPSA) is 48.5 Å². The number of benzene rings is 3. The second-order valence-electron chi connectivity index (χ2n) is 8.06. The molecule has 5 nitrogen and oxygen atoms in total. The van der Waals surface area contributed by atoms with Gasteiger partial charge in [0.2, 0.25) is 0 Å². The van der Waals surface area contributed by atoms with Crippen LogP contribution in [0.3, 0.4) is 0 Å². The maximum absolute atomic E-state index is 12.8. The molecule has 8 heteroatoms. The number of thiazole rings is 1. The number of likely N-dealkylation sites (N-methyl/N-ethyl adjacent to an activating group) is 2. The number of carbonyl (C=O) groups is 1. The van der Waals surface area contributed by atoms with Crippen molar-refractivity contribution in [2.45, 2.75) is 0 Å². The third kappa shape index (κ3) is 5.65. The number of halogens is 2. The first-order valence-corrected chi connectivity index (χ1v) is 12.0. The number of nitrogens with one attached hydrogen (secondary N) is 1. The summed E-state index contributed by atoms with van der Waals surface area (Å²) in [5.41, 5.74) is 3.95. The van der Waals surface area contributed by atoms with Crippen LogP contribution in [0.25, 0.3) is 21.3 Å². The van der Waals surface area contributed by atoms with Gasteiger partial charge in [-0.15, -0.1) is 0 Å². The lowest BCUT2D eigenvalue weighted by molar-refractivity contribution is 0.102. The van der Waals surface area contributed by atoms with Crippen molar-refractivity contribution >= 4 is 61.5 Å². The molecule has 0 bridgehead atoms. The minimum Gasteiger partial charge on any atom is -0.350 e. The Hall–Kier alpha value is -2.64. The Bertz CT molecular complexity index is 1290. The monoisotopic (exact) mass is 498 g/mol. The molecular weight excluding hydrogens is 475 g/mol. The molecule has 3 aromatic carbocycles. The standard InChI is InChI=1S/C25H24Cl2N4OS/c1-30(2)12-13-31(3)25-29-22-11-9-19(15-23(22)33-25)28-24(32)17-6-4-16(5-7-17)20-14-18(26)8-10-21(20)27/h4-11,14-15H,12-13H2,1-3H3,(H,28,32). The fraction of sp³-hybridized carbons (Fsp3) is 0.200. The van der Waals surface area contributed by atoms with E-state index in [1.54, 1.807) is 35.6 Å². The van der Waals surface area contributed by atoms with Gasteiger partial charge in [-0.2, -0.15) is 0 Å². The first kappa shape index (κ1) is 23.5. The van der Waals surface area contributed by atoms with Gasteiger partial charge in [0.25, 0.3) is 5.91 Å². The minimum atomic E-state index is -0.175. The lowest BCUT2D eigenvalue weighted by Crippen LogP contribution is -2.28. The van der Waals surface area contributed by atoms with Gasteiger partial charge < -0.3 is 15.1 Å². The molecule has 0 aliphatic carbocycles. The van der Waals surface area contributed by atoms with Gasteiger partial charge in [0, 0.05) is 47.0 Å². The fourth-order valence-corrected chi connectivity index (χ4v) is 4.71. The Morgan fingerprint density at radius 3 is 2.45 bits per heavy atom. The van der Waals surface area contributed by atoms with Gasteiger partial charge >= 0.3 is 0 Å². The summed E-state index contributed by atoms with van der Waals surface area (Å²) in [4.78, 5) is 21.8. The zero-order chi connectivity index (χ0) is 23.5. The number of hydrogen-bond donors (Lipinski definition) is 1. The smallest absolute Gasteiger partial charge is 0.255 e. The van der Waals surface area contributed by atoms with Crippen LogP contribution in [0.2, 0.25) is 10.0 Å². The average Bonchev–Trinajstić information content (AvgIpc) is 3.22. The lowest BCUT2D eigenvalue weighted by atomic mass is 10.0. The summed E-state index contributed by atoms with van der Waals surface area (Å²) in [6.45, 7) is 1.85. The predicted octanol–water partition coefficient (Wildman–Crippen LogP) is 6.52. The Balaban J connectivity index is 1.47. The van der Waals surface area contributed by atoms with Crippen molar-refractivity contribution in [1.82, 2.24) is 9.88 Å². The van der Waals surface area contributed by atoms with Crippen molar-refractivity contribution in [3.8, 4) is 11.1 Å². The van der Waals surface area contributed by atoms with Crippen molar-refractivity contribution in [2.75, 3.05) is 44.4 Å². The molecule has 0 aliphatic rings. The molecule has 0 saturated carbocycles. The molecule has 4 rings (SSSR count). The van der Waals surface area contributed by atoms with Gasteiger partial charge in [-0.05, 0) is 68.2 Å². The summed E-state index contributed by atoms with van der Waals surface area (Å²) >= 11 is 14.0. The van der Waals surface area contributed by atoms with Crippen LogP contribution in [-0.4, -0.2) is 50.0 Å². The van der Waals surface area contributed by atoms with Crippen LogP contribution in [0.4, 0.5) is 10.8 Å². The van der Waals surface area contributed by atoms with Crippen LogP contribution >= 0.6 is 34.5 Å². The molecule has 0 aliphatic heterocycles. The maximum Gasteiger partial charge on any atom is 0.255 e. The zero-order valence-corrected chi connectivity index (χ0v) is 20.9. The molecular formula is C25H24Cl2N4OS. The SMILES string of the molecule is CN(C)CCN(C)c1nc2ccc(NC(=O)c3ccc(-c4cc(Cl)ccc4Cl)cc3)cc2s1. The summed E-state index contributed by atoms with van der Waals surface area (Å²) in [6.07, 6.45) is 0. The van der Waals surface area contributed by atoms with E-state index in [2.05, 4.69) is 29.2 Å². The van der Waals surface area contributed by atoms with Gasteiger partial charge in [0.15, 0.2) is 5.13 Å². The quantitative estimate of drug-likeness (QED) is 0.315. The Morgan fingerprint density at radius 1 is 0.970 bits per heavy atom. The van der Waals surface area contributed by atoms with E-state index in [-0.39, 0.29) is 5.91 Å². The van der Waals surface area contributed by atoms with E-state index in [0.29, 0.717) is 15.6 Å². The van der Waals surface area contributed by atoms with Gasteiger partial charge in [-0.25, -0.2) is 4.98 Å². The summed E-state index contributed by atoms with van der Waals surface area (Å²) in [6, 6.07) is 18.4. The van der Waals surface area contributed by atoms with Crippen molar-refractivity contribution in [3.05, 3.63) is 76.3 Å². The zero-order valence-electron chi connectivity index (χ0n) is 18.6. The summed E-state index contributed by atoms with van der Waals surface area (Å²) in [5, 5.41) is 5.17. The highest BCUT2D eigenvalue weighted by Crippen LogP contribution is 2.32. The molecule has 170 valence electrons. The fourth-order valence-electron chi connectivity index (χ4n) is 3.32. The van der Waals surface area contributed by atoms with E-state index in [0.717, 1.165) is 45.3 Å². The molecule has 1 aromatic heterocycles. The van der Waals surface area contributed by atoms with Gasteiger partial charge in [0.05, 0.1) is 10.2 Å². The third-order valence-electron chi connectivity index (χ3n) is 5.23. The predicted molar refractivity (Wildman–Crippen MR) is 141 cm³/mol. The number of nitrogens with zero attached hydrogens (tertiary/aromatic N) is 3. The molecule has 0 radical (unpaired) electrons. The molecule has 0 fully saturated rings. The highest BCUT2D eigenvalue weighted by molar-refractivity contribution is 7.22. The minimum absolute atomic E-state index is 0.175. The van der Waals surface area contributed by atoms with Crippen molar-refractivity contribution in [2.24, 2.45) is 0 Å². The number of rotatable bonds is 7. The van der Waals surface area contributed by atoms with Crippen LogP contribution in [0.15, 0.2) is 60.7 Å². The largest absolute Gasteiger partial charge is 0.350 e. The second-order valence-corrected chi connectivity index (χ2v) is 9.91. The highest BCUT2D eigenvalue weighted by atomic mass is 35.5. The van der Waals surface area contributed by atoms with Crippen LogP contribution < -0.4 is 10.2 Å². The number of aromatic nitrogens is 1. The molecule has 1 N–H and O–H groups in total. The van der Waals surface area contributed by atoms with Crippen molar-refractivity contribution in [3.63, 3.8) is 0 Å². The number of anilines is 2. The molecule has 0 saturated heterocycles. The van der Waals surface area contributed by atoms with E-state index in [1.165, 1.54) is 0 Å². The molecule has 33 heavy (non-hydrogen) atoms. The summed E-state index contributed by atoms with van der Waals surface area (Å²) < 4.78 is 1.03. The van der Waals surface area contributed by atoms with E-state index >= 15 is 0 Å². The van der Waals surface area contributed by atoms with Crippen LogP contribution in [0, 0.1) is 0 Å². The lowest BCUT2D eigenvalue weighted by Gasteiger charge is -2.18. The van der Waals surface area contributed by atoms with Gasteiger partial charge in [0.1, 0.15) is 0 Å². The maximum atomic E-state index is 12.8. The average molecular weight is 499 g/mol. The highest BCUT2D eigenvalue weighted by Gasteiger charge is 2.12. The number of amides is 1. The normalized spacial score (nSPS) is 11.2. The van der Waals surface area contributed by atoms with Gasteiger partial charge in [-0.3, -0.25) is 4.79 Å². The molecule has 0 atom stereocenters. The molecule has 1 heterocycles. The van der Waals surface area contributed by atoms with Crippen LogP contribution in [-0.2, 0) is 0 Å². The van der Waals surface area contributed by atoms with E-state index in [4.69, 9.17) is 28.2 Å². The Morgan fingerprint density at radius 2 is 1.73 bits per heavy atom. The third-order valence-corrected chi connectivity index (χ3v) is 6.93.